The quantitative estimate of drug-likeness (QED) is 0.516. The van der Waals surface area contributed by atoms with Crippen LogP contribution in [0.1, 0.15) is 22.8 Å². The van der Waals surface area contributed by atoms with E-state index in [4.69, 9.17) is 0 Å². The van der Waals surface area contributed by atoms with Crippen LogP contribution < -0.4 is 10.9 Å². The van der Waals surface area contributed by atoms with Crippen molar-refractivity contribution in [3.63, 3.8) is 0 Å². The first kappa shape index (κ1) is 18.3. The highest BCUT2D eigenvalue weighted by Gasteiger charge is 2.12. The Balaban J connectivity index is 1.76. The Bertz CT molecular complexity index is 969. The summed E-state index contributed by atoms with van der Waals surface area (Å²) in [4.78, 5) is 24.4. The van der Waals surface area contributed by atoms with Gasteiger partial charge in [-0.2, -0.15) is 0 Å². The van der Waals surface area contributed by atoms with Crippen LogP contribution in [0, 0.1) is 5.82 Å². The number of hydrogen-bond donors (Lipinski definition) is 1. The molecule has 0 aliphatic rings. The molecule has 0 saturated carbocycles. The molecule has 9 heteroatoms. The number of rotatable bonds is 6. The second-order valence-corrected chi connectivity index (χ2v) is 7.76. The highest BCUT2D eigenvalue weighted by molar-refractivity contribution is 8.01. The smallest absolute Gasteiger partial charge is 0.258 e. The number of halogens is 1. The Morgan fingerprint density at radius 1 is 1.23 bits per heavy atom. The highest BCUT2D eigenvalue weighted by atomic mass is 32.2. The molecular weight excluding hydrogens is 375 g/mol. The van der Waals surface area contributed by atoms with Gasteiger partial charge in [0.25, 0.3) is 11.5 Å². The number of pyridine rings is 1. The van der Waals surface area contributed by atoms with E-state index < -0.39 is 0 Å². The van der Waals surface area contributed by atoms with E-state index in [0.29, 0.717) is 10.7 Å². The van der Waals surface area contributed by atoms with E-state index in [-0.39, 0.29) is 23.8 Å². The maximum Gasteiger partial charge on any atom is 0.258 e. The van der Waals surface area contributed by atoms with Crippen LogP contribution in [0.4, 0.5) is 9.52 Å². The zero-order valence-electron chi connectivity index (χ0n) is 13.8. The van der Waals surface area contributed by atoms with Crippen molar-refractivity contribution in [3.8, 4) is 0 Å². The van der Waals surface area contributed by atoms with Gasteiger partial charge in [0.05, 0.1) is 12.1 Å². The van der Waals surface area contributed by atoms with Crippen molar-refractivity contribution < 1.29 is 9.18 Å². The van der Waals surface area contributed by atoms with Gasteiger partial charge in [0.1, 0.15) is 5.82 Å². The average molecular weight is 390 g/mol. The molecule has 1 N–H and O–H groups in total. The Labute approximate surface area is 157 Å². The molecular formula is C17H15FN4O2S2. The summed E-state index contributed by atoms with van der Waals surface area (Å²) in [5.74, 6) is 0.158. The third kappa shape index (κ3) is 4.55. The Kier molecular flexibility index (Phi) is 5.79. The summed E-state index contributed by atoms with van der Waals surface area (Å²) in [7, 11) is 0. The number of amides is 1. The zero-order valence-corrected chi connectivity index (χ0v) is 15.4. The van der Waals surface area contributed by atoms with Crippen LogP contribution in [0.5, 0.6) is 0 Å². The first-order valence-corrected chi connectivity index (χ1v) is 9.58. The van der Waals surface area contributed by atoms with Crippen molar-refractivity contribution in [2.75, 3.05) is 11.1 Å². The normalized spacial score (nSPS) is 10.7. The van der Waals surface area contributed by atoms with Gasteiger partial charge in [-0.15, -0.1) is 10.2 Å². The summed E-state index contributed by atoms with van der Waals surface area (Å²) in [6.07, 6.45) is 1.48. The van der Waals surface area contributed by atoms with Crippen molar-refractivity contribution >= 4 is 34.1 Å². The molecule has 3 rings (SSSR count). The van der Waals surface area contributed by atoms with E-state index in [1.54, 1.807) is 23.9 Å². The third-order valence-corrected chi connectivity index (χ3v) is 5.26. The van der Waals surface area contributed by atoms with Crippen molar-refractivity contribution in [2.45, 2.75) is 17.8 Å². The number of thioether (sulfide) groups is 1. The Morgan fingerprint density at radius 3 is 2.73 bits per heavy atom. The summed E-state index contributed by atoms with van der Waals surface area (Å²) in [5.41, 5.74) is 0.839. The summed E-state index contributed by atoms with van der Waals surface area (Å²) < 4.78 is 15.2. The maximum absolute atomic E-state index is 13.0. The average Bonchev–Trinajstić information content (AvgIpc) is 3.06. The third-order valence-electron chi connectivity index (χ3n) is 3.41. The molecule has 0 atom stereocenters. The molecule has 1 aromatic carbocycles. The summed E-state index contributed by atoms with van der Waals surface area (Å²) in [6, 6.07) is 8.65. The largest absolute Gasteiger partial charge is 0.310 e. The maximum atomic E-state index is 13.0. The molecule has 2 aromatic heterocycles. The van der Waals surface area contributed by atoms with Gasteiger partial charge in [0, 0.05) is 12.3 Å². The molecule has 2 heterocycles. The minimum Gasteiger partial charge on any atom is -0.310 e. The summed E-state index contributed by atoms with van der Waals surface area (Å²) in [5, 5.41) is 11.0. The van der Waals surface area contributed by atoms with E-state index in [2.05, 4.69) is 15.5 Å². The summed E-state index contributed by atoms with van der Waals surface area (Å²) >= 11 is 2.84. The van der Waals surface area contributed by atoms with Crippen molar-refractivity contribution in [3.05, 3.63) is 69.9 Å². The number of aromatic nitrogens is 3. The first-order valence-electron chi connectivity index (χ1n) is 7.77. The molecule has 1 amide bonds. The first-order chi connectivity index (χ1) is 12.5. The molecule has 6 nitrogen and oxygen atoms in total. The predicted molar refractivity (Wildman–Crippen MR) is 100 cm³/mol. The molecule has 0 radical (unpaired) electrons. The fourth-order valence-corrected chi connectivity index (χ4v) is 3.83. The van der Waals surface area contributed by atoms with E-state index in [9.17, 15) is 14.0 Å². The Morgan fingerprint density at radius 2 is 2.00 bits per heavy atom. The predicted octanol–water partition coefficient (Wildman–Crippen LogP) is 3.25. The van der Waals surface area contributed by atoms with Crippen molar-refractivity contribution in [1.82, 2.24) is 14.8 Å². The number of nitrogens with one attached hydrogen (secondary N) is 1. The lowest BCUT2D eigenvalue weighted by molar-refractivity contribution is 0.102. The molecule has 0 saturated heterocycles. The minimum absolute atomic E-state index is 0.246. The van der Waals surface area contributed by atoms with Crippen LogP contribution in [0.15, 0.2) is 51.7 Å². The van der Waals surface area contributed by atoms with E-state index in [1.807, 2.05) is 6.92 Å². The number of carbonyl (C=O) groups excluding carboxylic acids is 1. The lowest BCUT2D eigenvalue weighted by Gasteiger charge is -2.08. The topological polar surface area (TPSA) is 76.9 Å². The fraction of sp³-hybridized carbons (Fsp3) is 0.176. The van der Waals surface area contributed by atoms with Gasteiger partial charge in [0.15, 0.2) is 4.34 Å². The monoisotopic (exact) mass is 390 g/mol. The number of anilines is 1. The molecule has 0 fully saturated rings. The lowest BCUT2D eigenvalue weighted by atomic mass is 10.2. The second kappa shape index (κ2) is 8.24. The van der Waals surface area contributed by atoms with Gasteiger partial charge in [-0.05, 0) is 29.5 Å². The van der Waals surface area contributed by atoms with E-state index in [0.717, 1.165) is 15.7 Å². The molecule has 0 aliphatic heterocycles. The van der Waals surface area contributed by atoms with Crippen LogP contribution >= 0.6 is 23.1 Å². The van der Waals surface area contributed by atoms with Gasteiger partial charge < -0.3 is 4.57 Å². The number of carbonyl (C=O) groups is 1. The van der Waals surface area contributed by atoms with E-state index >= 15 is 0 Å². The van der Waals surface area contributed by atoms with Crippen LogP contribution in [0.25, 0.3) is 0 Å². The van der Waals surface area contributed by atoms with Gasteiger partial charge in [-0.25, -0.2) is 4.39 Å². The fourth-order valence-electron chi connectivity index (χ4n) is 2.19. The standard InChI is InChI=1S/C17H15FN4O2S2/c1-2-25-17-21-20-16(26-17)19-15(24)12-5-8-14(23)22(10-12)9-11-3-6-13(18)7-4-11/h3-8,10H,2,9H2,1H3,(H,19,20,24). The number of benzene rings is 1. The van der Waals surface area contributed by atoms with Gasteiger partial charge >= 0.3 is 0 Å². The van der Waals surface area contributed by atoms with Crippen LogP contribution in [0.2, 0.25) is 0 Å². The van der Waals surface area contributed by atoms with Crippen LogP contribution in [-0.2, 0) is 6.54 Å². The van der Waals surface area contributed by atoms with Crippen molar-refractivity contribution in [2.24, 2.45) is 0 Å². The zero-order chi connectivity index (χ0) is 18.5. The SMILES string of the molecule is CCSc1nnc(NC(=O)c2ccc(=O)n(Cc3ccc(F)cc3)c2)s1. The van der Waals surface area contributed by atoms with Gasteiger partial charge in [-0.1, -0.05) is 42.2 Å². The van der Waals surface area contributed by atoms with Crippen molar-refractivity contribution in [1.29, 1.82) is 0 Å². The molecule has 134 valence electrons. The lowest BCUT2D eigenvalue weighted by Crippen LogP contribution is -2.22. The highest BCUT2D eigenvalue weighted by Crippen LogP contribution is 2.25. The molecule has 0 bridgehead atoms. The molecule has 26 heavy (non-hydrogen) atoms. The number of hydrogen-bond acceptors (Lipinski definition) is 6. The van der Waals surface area contributed by atoms with E-state index in [1.165, 1.54) is 46.4 Å². The van der Waals surface area contributed by atoms with Gasteiger partial charge in [-0.3, -0.25) is 14.9 Å². The van der Waals surface area contributed by atoms with Crippen LogP contribution in [-0.4, -0.2) is 26.4 Å². The minimum atomic E-state index is -0.373. The molecule has 0 unspecified atom stereocenters. The number of nitrogens with zero attached hydrogens (tertiary/aromatic N) is 3. The molecule has 0 spiro atoms. The van der Waals surface area contributed by atoms with Crippen LogP contribution in [0.3, 0.4) is 0 Å². The molecule has 3 aromatic rings. The molecule has 0 aliphatic carbocycles. The Hall–Kier alpha value is -2.52. The van der Waals surface area contributed by atoms with Gasteiger partial charge in [0.2, 0.25) is 5.13 Å². The second-order valence-electron chi connectivity index (χ2n) is 5.27. The summed E-state index contributed by atoms with van der Waals surface area (Å²) in [6.45, 7) is 2.25.